The zero-order chi connectivity index (χ0) is 22.1. The largest absolute Gasteiger partial charge is 0.379 e. The number of morpholine rings is 1. The molecule has 3 heterocycles. The third-order valence-electron chi connectivity index (χ3n) is 6.05. The molecule has 32 heavy (non-hydrogen) atoms. The third-order valence-corrected chi connectivity index (χ3v) is 6.05. The first-order chi connectivity index (χ1) is 15.1. The Morgan fingerprint density at radius 3 is 2.66 bits per heavy atom. The van der Waals surface area contributed by atoms with Gasteiger partial charge >= 0.3 is 0 Å². The average Bonchev–Trinajstić information content (AvgIpc) is 2.81. The minimum absolute atomic E-state index is 0. The number of guanidine groups is 1. The normalized spacial score (nSPS) is 19.2. The molecule has 3 rings (SSSR count). The minimum Gasteiger partial charge on any atom is -0.379 e. The maximum absolute atomic E-state index is 11.5. The van der Waals surface area contributed by atoms with Crippen molar-refractivity contribution >= 4 is 41.7 Å². The number of rotatable bonds is 8. The molecule has 1 atom stereocenters. The van der Waals surface area contributed by atoms with E-state index in [2.05, 4.69) is 45.3 Å². The van der Waals surface area contributed by atoms with Crippen LogP contribution in [-0.4, -0.2) is 80.3 Å². The van der Waals surface area contributed by atoms with Gasteiger partial charge in [-0.15, -0.1) is 24.0 Å². The maximum Gasteiger partial charge on any atom is 0.220 e. The van der Waals surface area contributed by atoms with Gasteiger partial charge in [0.25, 0.3) is 0 Å². The summed E-state index contributed by atoms with van der Waals surface area (Å²) >= 11 is 0. The van der Waals surface area contributed by atoms with Gasteiger partial charge in [-0.2, -0.15) is 0 Å². The zero-order valence-electron chi connectivity index (χ0n) is 19.3. The molecule has 0 aromatic carbocycles. The fraction of sp³-hybridized carbons (Fsp3) is 0.682. The number of pyridine rings is 1. The molecule has 1 unspecified atom stereocenters. The van der Waals surface area contributed by atoms with E-state index >= 15 is 0 Å². The molecule has 0 radical (unpaired) electrons. The van der Waals surface area contributed by atoms with E-state index in [0.717, 1.165) is 82.7 Å². The molecule has 4 N–H and O–H groups in total. The highest BCUT2D eigenvalue weighted by Crippen LogP contribution is 2.24. The van der Waals surface area contributed by atoms with Crippen LogP contribution in [0.4, 0.5) is 5.82 Å². The number of carbonyl (C=O) groups excluding carboxylic acids is 1. The predicted molar refractivity (Wildman–Crippen MR) is 138 cm³/mol. The van der Waals surface area contributed by atoms with Gasteiger partial charge in [-0.1, -0.05) is 6.07 Å². The van der Waals surface area contributed by atoms with Gasteiger partial charge in [0.05, 0.1) is 19.8 Å². The lowest BCUT2D eigenvalue weighted by Gasteiger charge is -2.33. The quantitative estimate of drug-likeness (QED) is 0.250. The number of amides is 1. The molecule has 2 aliphatic rings. The van der Waals surface area contributed by atoms with E-state index in [0.29, 0.717) is 12.6 Å². The second-order valence-corrected chi connectivity index (χ2v) is 8.22. The van der Waals surface area contributed by atoms with Crippen LogP contribution < -0.4 is 21.3 Å². The first-order valence-electron chi connectivity index (χ1n) is 11.4. The Morgan fingerprint density at radius 1 is 1.28 bits per heavy atom. The molecule has 2 aliphatic heterocycles. The van der Waals surface area contributed by atoms with Gasteiger partial charge in [-0.25, -0.2) is 9.98 Å². The monoisotopic (exact) mass is 559 g/mol. The molecular formula is C22H38IN7O2. The molecule has 1 aromatic heterocycles. The van der Waals surface area contributed by atoms with Crippen LogP contribution in [0.1, 0.15) is 32.3 Å². The fourth-order valence-corrected chi connectivity index (χ4v) is 4.11. The summed E-state index contributed by atoms with van der Waals surface area (Å²) in [5.41, 5.74) is 6.56. The van der Waals surface area contributed by atoms with Gasteiger partial charge in [-0.05, 0) is 32.8 Å². The van der Waals surface area contributed by atoms with Crippen molar-refractivity contribution in [2.24, 2.45) is 16.6 Å². The predicted octanol–water partition coefficient (Wildman–Crippen LogP) is 1.18. The highest BCUT2D eigenvalue weighted by molar-refractivity contribution is 14.0. The number of nitrogens with two attached hydrogens (primary N) is 1. The number of halogens is 1. The molecule has 0 aliphatic carbocycles. The number of nitrogens with zero attached hydrogens (tertiary/aromatic N) is 4. The molecule has 2 saturated heterocycles. The van der Waals surface area contributed by atoms with Gasteiger partial charge in [-0.3, -0.25) is 9.69 Å². The number of aromatic nitrogens is 1. The van der Waals surface area contributed by atoms with Crippen LogP contribution in [0.15, 0.2) is 23.3 Å². The standard InChI is InChI=1S/C22H37N7O2.HI/c1-3-24-22(26-15-17(2)28-11-13-31-14-12-28)27-16-19-5-4-8-25-21(19)29-9-6-18(7-10-29)20(23)30;/h4-5,8,17-18H,3,6-7,9-16H2,1-2H3,(H2,23,30)(H2,24,26,27);1H. The molecular weight excluding hydrogens is 521 g/mol. The summed E-state index contributed by atoms with van der Waals surface area (Å²) in [4.78, 5) is 25.6. The summed E-state index contributed by atoms with van der Waals surface area (Å²) < 4.78 is 5.45. The van der Waals surface area contributed by atoms with E-state index in [1.807, 2.05) is 12.3 Å². The van der Waals surface area contributed by atoms with E-state index < -0.39 is 0 Å². The number of primary amides is 1. The van der Waals surface area contributed by atoms with Gasteiger partial charge in [0.15, 0.2) is 5.96 Å². The number of ether oxygens (including phenoxy) is 1. The molecule has 9 nitrogen and oxygen atoms in total. The zero-order valence-corrected chi connectivity index (χ0v) is 21.6. The second kappa shape index (κ2) is 13.8. The Labute approximate surface area is 208 Å². The van der Waals surface area contributed by atoms with E-state index in [9.17, 15) is 4.79 Å². The van der Waals surface area contributed by atoms with Crippen molar-refractivity contribution in [1.29, 1.82) is 0 Å². The number of anilines is 1. The summed E-state index contributed by atoms with van der Waals surface area (Å²) in [7, 11) is 0. The molecule has 10 heteroatoms. The third kappa shape index (κ3) is 7.73. The summed E-state index contributed by atoms with van der Waals surface area (Å²) in [5, 5.41) is 6.81. The van der Waals surface area contributed by atoms with Gasteiger partial charge in [0.2, 0.25) is 5.91 Å². The van der Waals surface area contributed by atoms with Crippen molar-refractivity contribution in [3.63, 3.8) is 0 Å². The minimum atomic E-state index is -0.196. The topological polar surface area (TPSA) is 108 Å². The van der Waals surface area contributed by atoms with E-state index in [4.69, 9.17) is 15.5 Å². The van der Waals surface area contributed by atoms with Crippen LogP contribution in [0.25, 0.3) is 0 Å². The molecule has 2 fully saturated rings. The van der Waals surface area contributed by atoms with E-state index in [1.165, 1.54) is 0 Å². The highest BCUT2D eigenvalue weighted by atomic mass is 127. The number of carbonyl (C=O) groups is 1. The Bertz CT molecular complexity index is 735. The van der Waals surface area contributed by atoms with Crippen molar-refractivity contribution in [2.45, 2.75) is 39.3 Å². The van der Waals surface area contributed by atoms with Gasteiger partial charge < -0.3 is 26.0 Å². The smallest absolute Gasteiger partial charge is 0.220 e. The Morgan fingerprint density at radius 2 is 2.00 bits per heavy atom. The average molecular weight is 559 g/mol. The van der Waals surface area contributed by atoms with Crippen molar-refractivity contribution < 1.29 is 9.53 Å². The molecule has 0 spiro atoms. The molecule has 1 aromatic rings. The van der Waals surface area contributed by atoms with Crippen molar-refractivity contribution in [3.05, 3.63) is 23.9 Å². The van der Waals surface area contributed by atoms with Crippen LogP contribution in [0.3, 0.4) is 0 Å². The number of hydrogen-bond acceptors (Lipinski definition) is 6. The highest BCUT2D eigenvalue weighted by Gasteiger charge is 2.25. The van der Waals surface area contributed by atoms with E-state index in [-0.39, 0.29) is 35.8 Å². The van der Waals surface area contributed by atoms with E-state index in [1.54, 1.807) is 0 Å². The van der Waals surface area contributed by atoms with Crippen LogP contribution in [0.5, 0.6) is 0 Å². The van der Waals surface area contributed by atoms with Crippen LogP contribution in [0, 0.1) is 5.92 Å². The van der Waals surface area contributed by atoms with Crippen molar-refractivity contribution in [3.8, 4) is 0 Å². The first-order valence-corrected chi connectivity index (χ1v) is 11.4. The Kier molecular flexibility index (Phi) is 11.5. The maximum atomic E-state index is 11.5. The van der Waals surface area contributed by atoms with Gasteiger partial charge in [0.1, 0.15) is 5.82 Å². The lowest BCUT2D eigenvalue weighted by Crippen LogP contribution is -2.49. The molecule has 1 amide bonds. The molecule has 0 saturated carbocycles. The second-order valence-electron chi connectivity index (χ2n) is 8.22. The van der Waals surface area contributed by atoms with Gasteiger partial charge in [0, 0.05) is 63.0 Å². The summed E-state index contributed by atoms with van der Waals surface area (Å²) in [6.07, 6.45) is 3.37. The lowest BCUT2D eigenvalue weighted by molar-refractivity contribution is -0.122. The molecule has 180 valence electrons. The van der Waals surface area contributed by atoms with Crippen molar-refractivity contribution in [1.82, 2.24) is 20.5 Å². The number of piperidine rings is 1. The number of nitrogens with one attached hydrogen (secondary N) is 2. The first kappa shape index (κ1) is 26.6. The summed E-state index contributed by atoms with van der Waals surface area (Å²) in [5.74, 6) is 1.54. The van der Waals surface area contributed by atoms with Crippen LogP contribution >= 0.6 is 24.0 Å². The summed E-state index contributed by atoms with van der Waals surface area (Å²) in [6.45, 7) is 11.6. The number of aliphatic imine (C=N–C) groups is 1. The number of hydrogen-bond donors (Lipinski definition) is 3. The lowest BCUT2D eigenvalue weighted by atomic mass is 9.96. The Balaban J connectivity index is 0.00000363. The van der Waals surface area contributed by atoms with Crippen molar-refractivity contribution in [2.75, 3.05) is 57.4 Å². The summed E-state index contributed by atoms with van der Waals surface area (Å²) in [6, 6.07) is 4.44. The van der Waals surface area contributed by atoms with Crippen LogP contribution in [-0.2, 0) is 16.1 Å². The fourth-order valence-electron chi connectivity index (χ4n) is 4.11. The molecule has 0 bridgehead atoms. The van der Waals surface area contributed by atoms with Crippen LogP contribution in [0.2, 0.25) is 0 Å². The SMILES string of the molecule is CCNC(=NCc1cccnc1N1CCC(C(N)=O)CC1)NCC(C)N1CCOCC1.I. The Hall–Kier alpha value is -1.66.